The molecule has 0 atom stereocenters. The van der Waals surface area contributed by atoms with E-state index in [-0.39, 0.29) is 27.9 Å². The van der Waals surface area contributed by atoms with Crippen molar-refractivity contribution in [3.05, 3.63) is 57.6 Å². The second kappa shape index (κ2) is 9.73. The van der Waals surface area contributed by atoms with Crippen LogP contribution in [-0.4, -0.2) is 19.6 Å². The largest absolute Gasteiger partial charge is 0.356 e. The molecule has 0 aliphatic heterocycles. The summed E-state index contributed by atoms with van der Waals surface area (Å²) in [5.41, 5.74) is 1.95. The summed E-state index contributed by atoms with van der Waals surface area (Å²) in [5, 5.41) is -0.105. The third-order valence-corrected chi connectivity index (χ3v) is 8.91. The summed E-state index contributed by atoms with van der Waals surface area (Å²) < 4.78 is 25.9. The summed E-state index contributed by atoms with van der Waals surface area (Å²) >= 11 is 0. The molecule has 6 nitrogen and oxygen atoms in total. The highest BCUT2D eigenvalue weighted by atomic mass is 31.2. The number of hydrogen-bond acceptors (Lipinski definition) is 2. The van der Waals surface area contributed by atoms with E-state index in [2.05, 4.69) is 0 Å². The van der Waals surface area contributed by atoms with Gasteiger partial charge in [-0.25, -0.2) is 0 Å². The van der Waals surface area contributed by atoms with Crippen LogP contribution < -0.4 is 10.6 Å². The van der Waals surface area contributed by atoms with Crippen molar-refractivity contribution in [3.63, 3.8) is 0 Å². The van der Waals surface area contributed by atoms with E-state index in [1.54, 1.807) is 12.1 Å². The van der Waals surface area contributed by atoms with Crippen molar-refractivity contribution in [2.24, 2.45) is 0 Å². The van der Waals surface area contributed by atoms with Crippen molar-refractivity contribution in [2.75, 3.05) is 0 Å². The lowest BCUT2D eigenvalue weighted by atomic mass is 9.77. The lowest BCUT2D eigenvalue weighted by molar-refractivity contribution is 0.384. The van der Waals surface area contributed by atoms with Crippen LogP contribution in [0.3, 0.4) is 0 Å². The minimum absolute atomic E-state index is 0.0130. The SMILES string of the molecule is CC(C)(C)c1cc(Cc2cc(C(C)(C)C)cc(C(C)(C)C)c2P(=O)(O)O)c(P(=O)(O)O)c(C(C)(C)C)c1. The van der Waals surface area contributed by atoms with Crippen LogP contribution in [-0.2, 0) is 37.2 Å². The highest BCUT2D eigenvalue weighted by Gasteiger charge is 2.36. The van der Waals surface area contributed by atoms with Crippen LogP contribution in [0.5, 0.6) is 0 Å². The first-order valence-corrected chi connectivity index (χ1v) is 15.9. The van der Waals surface area contributed by atoms with Crippen molar-refractivity contribution in [1.29, 1.82) is 0 Å². The van der Waals surface area contributed by atoms with Crippen molar-refractivity contribution < 1.29 is 28.7 Å². The monoisotopic (exact) mass is 552 g/mol. The van der Waals surface area contributed by atoms with E-state index in [0.29, 0.717) is 22.3 Å². The molecule has 0 unspecified atom stereocenters. The Bertz CT molecular complexity index is 1170. The number of hydrogen-bond donors (Lipinski definition) is 4. The zero-order chi connectivity index (χ0) is 29.2. The van der Waals surface area contributed by atoms with Crippen molar-refractivity contribution in [2.45, 2.75) is 111 Å². The van der Waals surface area contributed by atoms with Gasteiger partial charge in [0.05, 0.1) is 10.6 Å². The lowest BCUT2D eigenvalue weighted by Gasteiger charge is -2.32. The van der Waals surface area contributed by atoms with Gasteiger partial charge in [-0.2, -0.15) is 0 Å². The van der Waals surface area contributed by atoms with E-state index in [1.807, 2.05) is 95.2 Å². The minimum Gasteiger partial charge on any atom is -0.321 e. The Morgan fingerprint density at radius 2 is 0.784 bits per heavy atom. The van der Waals surface area contributed by atoms with Gasteiger partial charge in [-0.3, -0.25) is 9.13 Å². The third-order valence-electron chi connectivity index (χ3n) is 6.69. The molecule has 4 N–H and O–H groups in total. The van der Waals surface area contributed by atoms with Gasteiger partial charge in [0, 0.05) is 0 Å². The minimum atomic E-state index is -4.74. The Hall–Kier alpha value is -1.26. The second-order valence-electron chi connectivity index (χ2n) is 14.3. The van der Waals surface area contributed by atoms with Crippen LogP contribution >= 0.6 is 15.2 Å². The topological polar surface area (TPSA) is 115 Å². The van der Waals surface area contributed by atoms with Gasteiger partial charge in [-0.1, -0.05) is 107 Å². The second-order valence-corrected chi connectivity index (χ2v) is 17.4. The van der Waals surface area contributed by atoms with Gasteiger partial charge in [-0.15, -0.1) is 0 Å². The first kappa shape index (κ1) is 32.0. The zero-order valence-corrected chi connectivity index (χ0v) is 26.3. The molecule has 0 bridgehead atoms. The van der Waals surface area contributed by atoms with Crippen LogP contribution in [0.25, 0.3) is 0 Å². The standard InChI is InChI=1S/C29H46O6P2/c1-26(2,3)20-14-18(24(36(30,31)32)22(16-20)28(7,8)9)13-19-15-21(27(4,5)6)17-23(29(10,11)12)25(19)37(33,34)35/h14-17H,13H2,1-12H3,(H2,30,31,32)(H2,33,34,35). The zero-order valence-electron chi connectivity index (χ0n) is 24.5. The van der Waals surface area contributed by atoms with Crippen LogP contribution in [0.4, 0.5) is 0 Å². The molecule has 37 heavy (non-hydrogen) atoms. The fraction of sp³-hybridized carbons (Fsp3) is 0.586. The highest BCUT2D eigenvalue weighted by Crippen LogP contribution is 2.45. The number of rotatable bonds is 4. The molecule has 0 aromatic heterocycles. The van der Waals surface area contributed by atoms with E-state index < -0.39 is 26.0 Å². The molecule has 0 aliphatic carbocycles. The molecule has 0 saturated heterocycles. The van der Waals surface area contributed by atoms with Gasteiger partial charge in [0.15, 0.2) is 0 Å². The molecule has 2 rings (SSSR count). The summed E-state index contributed by atoms with van der Waals surface area (Å²) in [7, 11) is -9.47. The molecule has 0 heterocycles. The van der Waals surface area contributed by atoms with Crippen molar-refractivity contribution in [3.8, 4) is 0 Å². The average Bonchev–Trinajstić information content (AvgIpc) is 2.62. The van der Waals surface area contributed by atoms with E-state index in [0.717, 1.165) is 11.1 Å². The molecule has 8 heteroatoms. The summed E-state index contributed by atoms with van der Waals surface area (Å²) in [6, 6.07) is 7.34. The Morgan fingerprint density at radius 1 is 0.514 bits per heavy atom. The Labute approximate surface area is 223 Å². The Balaban J connectivity index is 3.14. The van der Waals surface area contributed by atoms with E-state index in [4.69, 9.17) is 0 Å². The predicted octanol–water partition coefficient (Wildman–Crippen LogP) is 6.07. The molecular formula is C29H46O6P2. The first-order chi connectivity index (χ1) is 16.1. The van der Waals surface area contributed by atoms with Crippen LogP contribution in [0, 0.1) is 0 Å². The number of benzene rings is 2. The van der Waals surface area contributed by atoms with Crippen molar-refractivity contribution >= 4 is 25.8 Å². The highest BCUT2D eigenvalue weighted by molar-refractivity contribution is 7.61. The van der Waals surface area contributed by atoms with E-state index in [1.165, 1.54) is 0 Å². The molecule has 2 aromatic carbocycles. The Morgan fingerprint density at radius 3 is 0.973 bits per heavy atom. The van der Waals surface area contributed by atoms with Gasteiger partial charge < -0.3 is 19.6 Å². The van der Waals surface area contributed by atoms with Gasteiger partial charge in [0.2, 0.25) is 0 Å². The fourth-order valence-electron chi connectivity index (χ4n) is 4.56. The van der Waals surface area contributed by atoms with Gasteiger partial charge in [0.1, 0.15) is 0 Å². The summed E-state index contributed by atoms with van der Waals surface area (Å²) in [6.45, 7) is 23.7. The quantitative estimate of drug-likeness (QED) is 0.342. The molecule has 2 aromatic rings. The summed E-state index contributed by atoms with van der Waals surface area (Å²) in [6.07, 6.45) is -0.0130. The fourth-order valence-corrected chi connectivity index (χ4v) is 7.02. The smallest absolute Gasteiger partial charge is 0.321 e. The molecule has 0 spiro atoms. The van der Waals surface area contributed by atoms with E-state index >= 15 is 0 Å². The maximum Gasteiger partial charge on any atom is 0.356 e. The Kier molecular flexibility index (Phi) is 8.41. The molecule has 0 radical (unpaired) electrons. The molecule has 0 saturated carbocycles. The van der Waals surface area contributed by atoms with Gasteiger partial charge in [0.25, 0.3) is 0 Å². The van der Waals surface area contributed by atoms with Crippen LogP contribution in [0.2, 0.25) is 0 Å². The van der Waals surface area contributed by atoms with Crippen molar-refractivity contribution in [1.82, 2.24) is 0 Å². The first-order valence-electron chi connectivity index (χ1n) is 12.6. The maximum atomic E-state index is 12.9. The van der Waals surface area contributed by atoms with E-state index in [9.17, 15) is 28.7 Å². The normalized spacial score (nSPS) is 14.3. The average molecular weight is 553 g/mol. The summed E-state index contributed by atoms with van der Waals surface area (Å²) in [4.78, 5) is 42.2. The van der Waals surface area contributed by atoms with Gasteiger partial charge in [-0.05, 0) is 61.5 Å². The van der Waals surface area contributed by atoms with Crippen LogP contribution in [0.1, 0.15) is 116 Å². The predicted molar refractivity (Wildman–Crippen MR) is 154 cm³/mol. The van der Waals surface area contributed by atoms with Gasteiger partial charge >= 0.3 is 15.2 Å². The lowest BCUT2D eigenvalue weighted by Crippen LogP contribution is -2.31. The molecule has 0 aliphatic rings. The third kappa shape index (κ3) is 7.44. The maximum absolute atomic E-state index is 12.9. The molecule has 208 valence electrons. The molecule has 0 fully saturated rings. The summed E-state index contributed by atoms with van der Waals surface area (Å²) in [5.74, 6) is 0. The molecule has 0 amide bonds. The molecular weight excluding hydrogens is 506 g/mol. The van der Waals surface area contributed by atoms with Crippen LogP contribution in [0.15, 0.2) is 24.3 Å².